The molecule has 0 spiro atoms. The van der Waals surface area contributed by atoms with Gasteiger partial charge in [0, 0.05) is 37.9 Å². The number of hydrogen-bond donors (Lipinski definition) is 1. The highest BCUT2D eigenvalue weighted by Gasteiger charge is 2.30. The number of hydrogen-bond acceptors (Lipinski definition) is 5. The molecule has 0 aliphatic carbocycles. The van der Waals surface area contributed by atoms with Gasteiger partial charge in [0.05, 0.1) is 5.56 Å². The second-order valence-electron chi connectivity index (χ2n) is 6.78. The van der Waals surface area contributed by atoms with E-state index in [9.17, 15) is 4.79 Å². The van der Waals surface area contributed by atoms with Crippen LogP contribution in [0.3, 0.4) is 0 Å². The zero-order valence-electron chi connectivity index (χ0n) is 15.1. The fourth-order valence-corrected chi connectivity index (χ4v) is 3.16. The van der Waals surface area contributed by atoms with Crippen LogP contribution in [0, 0.1) is 6.92 Å². The molecule has 2 aromatic heterocycles. The second-order valence-corrected chi connectivity index (χ2v) is 6.78. The summed E-state index contributed by atoms with van der Waals surface area (Å²) in [5, 5.41) is 7.08. The van der Waals surface area contributed by atoms with E-state index in [4.69, 9.17) is 4.52 Å². The Bertz CT molecular complexity index is 908. The highest BCUT2D eigenvalue weighted by molar-refractivity contribution is 5.74. The first-order chi connectivity index (χ1) is 13.2. The van der Waals surface area contributed by atoms with Crippen molar-refractivity contribution in [3.63, 3.8) is 0 Å². The third kappa shape index (κ3) is 3.97. The quantitative estimate of drug-likeness (QED) is 0.770. The maximum Gasteiger partial charge on any atom is 0.317 e. The lowest BCUT2D eigenvalue weighted by atomic mass is 10.1. The van der Waals surface area contributed by atoms with Crippen molar-refractivity contribution in [3.05, 3.63) is 65.7 Å². The monoisotopic (exact) mass is 363 g/mol. The van der Waals surface area contributed by atoms with Crippen LogP contribution in [0.15, 0.2) is 53.3 Å². The first kappa shape index (κ1) is 17.2. The number of aryl methyl sites for hydroxylation is 1. The van der Waals surface area contributed by atoms with E-state index in [0.717, 1.165) is 17.5 Å². The van der Waals surface area contributed by atoms with Gasteiger partial charge in [0.1, 0.15) is 0 Å². The van der Waals surface area contributed by atoms with E-state index in [1.807, 2.05) is 43.3 Å². The zero-order valence-corrected chi connectivity index (χ0v) is 15.1. The Kier molecular flexibility index (Phi) is 4.82. The molecule has 3 aromatic rings. The number of carbonyl (C=O) groups excluding carboxylic acids is 1. The first-order valence-electron chi connectivity index (χ1n) is 9.01. The van der Waals surface area contributed by atoms with Crippen LogP contribution in [0.5, 0.6) is 0 Å². The summed E-state index contributed by atoms with van der Waals surface area (Å²) in [4.78, 5) is 22.8. The molecule has 138 valence electrons. The summed E-state index contributed by atoms with van der Waals surface area (Å²) < 4.78 is 5.35. The summed E-state index contributed by atoms with van der Waals surface area (Å²) in [7, 11) is 0. The van der Waals surface area contributed by atoms with Gasteiger partial charge in [-0.05, 0) is 31.0 Å². The molecule has 1 saturated heterocycles. The summed E-state index contributed by atoms with van der Waals surface area (Å²) in [6, 6.07) is 11.8. The molecule has 2 amide bonds. The number of aromatic nitrogens is 3. The van der Waals surface area contributed by atoms with Gasteiger partial charge < -0.3 is 14.7 Å². The number of urea groups is 1. The van der Waals surface area contributed by atoms with Gasteiger partial charge in [-0.2, -0.15) is 4.98 Å². The van der Waals surface area contributed by atoms with Crippen LogP contribution in [0.25, 0.3) is 11.5 Å². The van der Waals surface area contributed by atoms with Gasteiger partial charge in [-0.3, -0.25) is 4.98 Å². The summed E-state index contributed by atoms with van der Waals surface area (Å²) in [5.74, 6) is 1.19. The molecular formula is C20H21N5O2. The molecule has 27 heavy (non-hydrogen) atoms. The predicted octanol–water partition coefficient (Wildman–Crippen LogP) is 3.14. The lowest BCUT2D eigenvalue weighted by Crippen LogP contribution is -2.38. The fourth-order valence-electron chi connectivity index (χ4n) is 3.16. The third-order valence-electron chi connectivity index (χ3n) is 4.76. The number of likely N-dealkylation sites (tertiary alicyclic amines) is 1. The molecular weight excluding hydrogens is 342 g/mol. The zero-order chi connectivity index (χ0) is 18.6. The Balaban J connectivity index is 1.34. The van der Waals surface area contributed by atoms with Gasteiger partial charge in [0.15, 0.2) is 5.82 Å². The molecule has 0 radical (unpaired) electrons. The van der Waals surface area contributed by atoms with E-state index >= 15 is 0 Å². The van der Waals surface area contributed by atoms with Crippen molar-refractivity contribution in [1.82, 2.24) is 25.3 Å². The SMILES string of the molecule is Cc1ccc(CNC(=O)N2CCC(c3noc(-c4cccnc4)n3)C2)cc1. The third-order valence-corrected chi connectivity index (χ3v) is 4.76. The van der Waals surface area contributed by atoms with Crippen molar-refractivity contribution in [2.75, 3.05) is 13.1 Å². The smallest absolute Gasteiger partial charge is 0.317 e. The molecule has 1 aromatic carbocycles. The van der Waals surface area contributed by atoms with Crippen molar-refractivity contribution < 1.29 is 9.32 Å². The van der Waals surface area contributed by atoms with Gasteiger partial charge >= 0.3 is 6.03 Å². The van der Waals surface area contributed by atoms with Crippen LogP contribution in [-0.2, 0) is 6.54 Å². The fraction of sp³-hybridized carbons (Fsp3) is 0.300. The average molecular weight is 363 g/mol. The van der Waals surface area contributed by atoms with E-state index < -0.39 is 0 Å². The van der Waals surface area contributed by atoms with E-state index in [1.54, 1.807) is 17.3 Å². The Hall–Kier alpha value is -3.22. The van der Waals surface area contributed by atoms with Crippen LogP contribution in [0.1, 0.15) is 29.3 Å². The van der Waals surface area contributed by atoms with Crippen LogP contribution in [-0.4, -0.2) is 39.1 Å². The van der Waals surface area contributed by atoms with E-state index in [0.29, 0.717) is 31.3 Å². The van der Waals surface area contributed by atoms with Crippen molar-refractivity contribution >= 4 is 6.03 Å². The van der Waals surface area contributed by atoms with Gasteiger partial charge in [-0.15, -0.1) is 0 Å². The molecule has 7 heteroatoms. The number of rotatable bonds is 4. The number of nitrogens with one attached hydrogen (secondary N) is 1. The topological polar surface area (TPSA) is 84.2 Å². The van der Waals surface area contributed by atoms with Gasteiger partial charge in [0.2, 0.25) is 0 Å². The van der Waals surface area contributed by atoms with Crippen LogP contribution in [0.4, 0.5) is 4.79 Å². The molecule has 1 atom stereocenters. The summed E-state index contributed by atoms with van der Waals surface area (Å²) >= 11 is 0. The van der Waals surface area contributed by atoms with Crippen molar-refractivity contribution in [3.8, 4) is 11.5 Å². The van der Waals surface area contributed by atoms with E-state index in [2.05, 4.69) is 20.4 Å². The molecule has 4 rings (SSSR count). The van der Waals surface area contributed by atoms with Gasteiger partial charge in [0.25, 0.3) is 5.89 Å². The molecule has 1 fully saturated rings. The molecule has 1 aliphatic rings. The molecule has 0 saturated carbocycles. The first-order valence-corrected chi connectivity index (χ1v) is 9.01. The largest absolute Gasteiger partial charge is 0.334 e. The standard InChI is InChI=1S/C20H21N5O2/c1-14-4-6-15(7-5-14)11-22-20(26)25-10-8-17(13-25)18-23-19(27-24-18)16-3-2-9-21-12-16/h2-7,9,12,17H,8,10-11,13H2,1H3,(H,22,26). The summed E-state index contributed by atoms with van der Waals surface area (Å²) in [6.45, 7) is 3.84. The number of pyridine rings is 1. The maximum atomic E-state index is 12.4. The van der Waals surface area contributed by atoms with Gasteiger partial charge in [-0.25, -0.2) is 4.79 Å². The summed E-state index contributed by atoms with van der Waals surface area (Å²) in [6.07, 6.45) is 4.21. The molecule has 7 nitrogen and oxygen atoms in total. The number of benzene rings is 1. The number of amides is 2. The highest BCUT2D eigenvalue weighted by atomic mass is 16.5. The molecule has 3 heterocycles. The Morgan fingerprint density at radius 3 is 2.93 bits per heavy atom. The van der Waals surface area contributed by atoms with Crippen molar-refractivity contribution in [2.45, 2.75) is 25.8 Å². The van der Waals surface area contributed by atoms with Crippen molar-refractivity contribution in [1.29, 1.82) is 0 Å². The van der Waals surface area contributed by atoms with E-state index in [-0.39, 0.29) is 11.9 Å². The van der Waals surface area contributed by atoms with E-state index in [1.165, 1.54) is 5.56 Å². The molecule has 1 N–H and O–H groups in total. The second kappa shape index (κ2) is 7.57. The molecule has 1 unspecified atom stereocenters. The average Bonchev–Trinajstić information content (AvgIpc) is 3.37. The number of nitrogens with zero attached hydrogens (tertiary/aromatic N) is 4. The Morgan fingerprint density at radius 2 is 2.15 bits per heavy atom. The molecule has 1 aliphatic heterocycles. The highest BCUT2D eigenvalue weighted by Crippen LogP contribution is 2.27. The van der Waals surface area contributed by atoms with Gasteiger partial charge in [-0.1, -0.05) is 35.0 Å². The van der Waals surface area contributed by atoms with Crippen LogP contribution in [0.2, 0.25) is 0 Å². The van der Waals surface area contributed by atoms with Crippen molar-refractivity contribution in [2.24, 2.45) is 0 Å². The van der Waals surface area contributed by atoms with Crippen LogP contribution < -0.4 is 5.32 Å². The Morgan fingerprint density at radius 1 is 1.30 bits per heavy atom. The normalized spacial score (nSPS) is 16.5. The number of carbonyl (C=O) groups is 1. The Labute approximate surface area is 157 Å². The molecule has 0 bridgehead atoms. The predicted molar refractivity (Wildman–Crippen MR) is 99.9 cm³/mol. The summed E-state index contributed by atoms with van der Waals surface area (Å²) in [5.41, 5.74) is 3.09. The van der Waals surface area contributed by atoms with Crippen LogP contribution >= 0.6 is 0 Å². The minimum absolute atomic E-state index is 0.0611. The minimum atomic E-state index is -0.0611. The minimum Gasteiger partial charge on any atom is -0.334 e. The lowest BCUT2D eigenvalue weighted by Gasteiger charge is -2.17. The maximum absolute atomic E-state index is 12.4. The lowest BCUT2D eigenvalue weighted by molar-refractivity contribution is 0.207.